The van der Waals surface area contributed by atoms with Gasteiger partial charge in [-0.15, -0.1) is 0 Å². The molecule has 3 nitrogen and oxygen atoms in total. The minimum absolute atomic E-state index is 0.694. The van der Waals surface area contributed by atoms with E-state index in [9.17, 15) is 0 Å². The fourth-order valence-electron chi connectivity index (χ4n) is 2.12. The molecule has 0 aromatic carbocycles. The molecule has 17 heavy (non-hydrogen) atoms. The number of hydrogen-bond acceptors (Lipinski definition) is 4. The second-order valence-corrected chi connectivity index (χ2v) is 5.61. The van der Waals surface area contributed by atoms with Gasteiger partial charge >= 0.3 is 0 Å². The lowest BCUT2D eigenvalue weighted by molar-refractivity contribution is 0.243. The molecule has 0 spiro atoms. The van der Waals surface area contributed by atoms with Crippen LogP contribution in [0.2, 0.25) is 0 Å². The molecule has 96 valence electrons. The summed E-state index contributed by atoms with van der Waals surface area (Å²) in [4.78, 5) is 2.44. The smallest absolute Gasteiger partial charge is 0.117 e. The largest absolute Gasteiger partial charge is 0.468 e. The molecule has 1 aromatic rings. The first-order valence-electron chi connectivity index (χ1n) is 6.44. The van der Waals surface area contributed by atoms with Crippen molar-refractivity contribution in [1.29, 1.82) is 0 Å². The Hall–Kier alpha value is -0.450. The van der Waals surface area contributed by atoms with Gasteiger partial charge in [0, 0.05) is 30.6 Å². The van der Waals surface area contributed by atoms with Crippen molar-refractivity contribution in [3.05, 3.63) is 24.2 Å². The first-order chi connectivity index (χ1) is 8.38. The topological polar surface area (TPSA) is 28.4 Å². The Morgan fingerprint density at radius 2 is 2.53 bits per heavy atom. The van der Waals surface area contributed by atoms with Crippen LogP contribution in [0.25, 0.3) is 0 Å². The number of thioether (sulfide) groups is 1. The standard InChI is InChI=1S/C13H22N2OS/c1-2-15(10-13-4-3-8-16-13)7-5-12-11-17-9-6-14-12/h3-4,8,12,14H,2,5-7,9-11H2,1H3. The molecule has 0 radical (unpaired) electrons. The lowest BCUT2D eigenvalue weighted by atomic mass is 10.2. The number of rotatable bonds is 6. The van der Waals surface area contributed by atoms with Crippen molar-refractivity contribution < 1.29 is 4.42 Å². The lowest BCUT2D eigenvalue weighted by Gasteiger charge is -2.26. The fourth-order valence-corrected chi connectivity index (χ4v) is 3.11. The van der Waals surface area contributed by atoms with E-state index in [2.05, 4.69) is 35.0 Å². The summed E-state index contributed by atoms with van der Waals surface area (Å²) in [6.45, 7) is 6.55. The molecule has 1 atom stereocenters. The van der Waals surface area contributed by atoms with Crippen LogP contribution < -0.4 is 5.32 Å². The van der Waals surface area contributed by atoms with E-state index in [0.29, 0.717) is 6.04 Å². The maximum absolute atomic E-state index is 5.40. The van der Waals surface area contributed by atoms with E-state index >= 15 is 0 Å². The molecule has 0 bridgehead atoms. The van der Waals surface area contributed by atoms with Gasteiger partial charge in [-0.05, 0) is 25.1 Å². The molecule has 1 aliphatic rings. The predicted molar refractivity (Wildman–Crippen MR) is 73.4 cm³/mol. The van der Waals surface area contributed by atoms with Crippen molar-refractivity contribution >= 4 is 11.8 Å². The third-order valence-corrected chi connectivity index (χ3v) is 4.33. The number of nitrogens with one attached hydrogen (secondary N) is 1. The van der Waals surface area contributed by atoms with Crippen LogP contribution in [0.15, 0.2) is 22.8 Å². The number of furan rings is 1. The predicted octanol–water partition coefficient (Wildman–Crippen LogP) is 2.20. The quantitative estimate of drug-likeness (QED) is 0.842. The van der Waals surface area contributed by atoms with E-state index in [1.807, 2.05) is 6.07 Å². The highest BCUT2D eigenvalue weighted by molar-refractivity contribution is 7.99. The van der Waals surface area contributed by atoms with Crippen LogP contribution in [0.5, 0.6) is 0 Å². The van der Waals surface area contributed by atoms with Gasteiger partial charge in [-0.1, -0.05) is 6.92 Å². The molecule has 1 saturated heterocycles. The van der Waals surface area contributed by atoms with E-state index in [-0.39, 0.29) is 0 Å². The van der Waals surface area contributed by atoms with Crippen LogP contribution in [0, 0.1) is 0 Å². The summed E-state index contributed by atoms with van der Waals surface area (Å²) in [5.41, 5.74) is 0. The summed E-state index contributed by atoms with van der Waals surface area (Å²) in [5.74, 6) is 3.59. The Kier molecular flexibility index (Phi) is 5.42. The van der Waals surface area contributed by atoms with Crippen LogP contribution >= 0.6 is 11.8 Å². The van der Waals surface area contributed by atoms with E-state index in [4.69, 9.17) is 4.42 Å². The molecule has 1 aromatic heterocycles. The molecular weight excluding hydrogens is 232 g/mol. The average Bonchev–Trinajstić information content (AvgIpc) is 2.88. The molecule has 1 N–H and O–H groups in total. The van der Waals surface area contributed by atoms with Crippen LogP contribution in [-0.4, -0.2) is 42.1 Å². The number of hydrogen-bond donors (Lipinski definition) is 1. The van der Waals surface area contributed by atoms with Gasteiger partial charge < -0.3 is 9.73 Å². The molecule has 2 rings (SSSR count). The minimum Gasteiger partial charge on any atom is -0.468 e. The van der Waals surface area contributed by atoms with Crippen molar-refractivity contribution in [1.82, 2.24) is 10.2 Å². The monoisotopic (exact) mass is 254 g/mol. The first-order valence-corrected chi connectivity index (χ1v) is 7.60. The van der Waals surface area contributed by atoms with Gasteiger partial charge in [-0.25, -0.2) is 0 Å². The zero-order chi connectivity index (χ0) is 11.9. The molecule has 1 unspecified atom stereocenters. The van der Waals surface area contributed by atoms with Gasteiger partial charge in [0.05, 0.1) is 12.8 Å². The third-order valence-electron chi connectivity index (χ3n) is 3.20. The Balaban J connectivity index is 1.71. The number of nitrogens with zero attached hydrogens (tertiary/aromatic N) is 1. The Morgan fingerprint density at radius 3 is 3.18 bits per heavy atom. The molecule has 0 amide bonds. The third kappa shape index (κ3) is 4.37. The molecular formula is C13H22N2OS. The van der Waals surface area contributed by atoms with Gasteiger partial charge in [0.1, 0.15) is 5.76 Å². The maximum atomic E-state index is 5.40. The molecule has 0 aliphatic carbocycles. The van der Waals surface area contributed by atoms with Crippen LogP contribution in [0.1, 0.15) is 19.1 Å². The highest BCUT2D eigenvalue weighted by Crippen LogP contribution is 2.12. The van der Waals surface area contributed by atoms with Crippen LogP contribution in [-0.2, 0) is 6.54 Å². The summed E-state index contributed by atoms with van der Waals surface area (Å²) in [6, 6.07) is 4.71. The Bertz CT molecular complexity index is 296. The molecule has 1 aliphatic heterocycles. The summed E-state index contributed by atoms with van der Waals surface area (Å²) < 4.78 is 5.40. The van der Waals surface area contributed by atoms with Gasteiger partial charge in [-0.3, -0.25) is 4.90 Å². The van der Waals surface area contributed by atoms with Crippen LogP contribution in [0.4, 0.5) is 0 Å². The molecule has 1 fully saturated rings. The van der Waals surface area contributed by atoms with E-state index in [0.717, 1.165) is 25.4 Å². The SMILES string of the molecule is CCN(CCC1CSCCN1)Cc1ccco1. The van der Waals surface area contributed by atoms with Gasteiger partial charge in [-0.2, -0.15) is 11.8 Å². The summed E-state index contributed by atoms with van der Waals surface area (Å²) in [5, 5.41) is 3.59. The lowest BCUT2D eigenvalue weighted by Crippen LogP contribution is -2.40. The highest BCUT2D eigenvalue weighted by atomic mass is 32.2. The summed E-state index contributed by atoms with van der Waals surface area (Å²) >= 11 is 2.07. The Labute approximate surface area is 108 Å². The Morgan fingerprint density at radius 1 is 1.59 bits per heavy atom. The van der Waals surface area contributed by atoms with Crippen molar-refractivity contribution in [2.75, 3.05) is 31.1 Å². The summed E-state index contributed by atoms with van der Waals surface area (Å²) in [6.07, 6.45) is 2.99. The molecule has 0 saturated carbocycles. The summed E-state index contributed by atoms with van der Waals surface area (Å²) in [7, 11) is 0. The van der Waals surface area contributed by atoms with Crippen molar-refractivity contribution in [3.63, 3.8) is 0 Å². The zero-order valence-corrected chi connectivity index (χ0v) is 11.3. The van der Waals surface area contributed by atoms with E-state index < -0.39 is 0 Å². The maximum Gasteiger partial charge on any atom is 0.117 e. The molecule has 4 heteroatoms. The fraction of sp³-hybridized carbons (Fsp3) is 0.692. The zero-order valence-electron chi connectivity index (χ0n) is 10.5. The molecule has 2 heterocycles. The van der Waals surface area contributed by atoms with Crippen molar-refractivity contribution in [2.24, 2.45) is 0 Å². The second kappa shape index (κ2) is 7.09. The van der Waals surface area contributed by atoms with Crippen molar-refractivity contribution in [3.8, 4) is 0 Å². The second-order valence-electron chi connectivity index (χ2n) is 4.46. The van der Waals surface area contributed by atoms with Gasteiger partial charge in [0.2, 0.25) is 0 Å². The van der Waals surface area contributed by atoms with Gasteiger partial charge in [0.15, 0.2) is 0 Å². The van der Waals surface area contributed by atoms with Crippen LogP contribution in [0.3, 0.4) is 0 Å². The first kappa shape index (κ1) is 13.0. The van der Waals surface area contributed by atoms with Gasteiger partial charge in [0.25, 0.3) is 0 Å². The van der Waals surface area contributed by atoms with E-state index in [1.165, 1.54) is 24.5 Å². The van der Waals surface area contributed by atoms with E-state index in [1.54, 1.807) is 6.26 Å². The average molecular weight is 254 g/mol. The van der Waals surface area contributed by atoms with Crippen molar-refractivity contribution in [2.45, 2.75) is 25.9 Å². The highest BCUT2D eigenvalue weighted by Gasteiger charge is 2.14. The minimum atomic E-state index is 0.694. The normalized spacial score (nSPS) is 20.9.